The highest BCUT2D eigenvalue weighted by atomic mass is 19.1. The number of carbonyl (C=O) groups excluding carboxylic acids is 1. The molecule has 4 heteroatoms. The molecule has 0 heterocycles. The normalized spacial score (nSPS) is 17.6. The number of rotatable bonds is 4. The minimum atomic E-state index is -0.668. The van der Waals surface area contributed by atoms with E-state index >= 15 is 0 Å². The van der Waals surface area contributed by atoms with Gasteiger partial charge >= 0.3 is 0 Å². The summed E-state index contributed by atoms with van der Waals surface area (Å²) >= 11 is 0. The Hall–Kier alpha value is -1.58. The maximum absolute atomic E-state index is 13.5. The van der Waals surface area contributed by atoms with E-state index in [9.17, 15) is 9.18 Å². The zero-order valence-corrected chi connectivity index (χ0v) is 12.1. The molecule has 3 nitrogen and oxygen atoms in total. The molecule has 0 radical (unpaired) electrons. The van der Waals surface area contributed by atoms with Crippen molar-refractivity contribution >= 4 is 5.91 Å². The molecule has 0 bridgehead atoms. The first kappa shape index (κ1) is 14.8. The fourth-order valence-electron chi connectivity index (χ4n) is 2.72. The van der Waals surface area contributed by atoms with Crippen molar-refractivity contribution in [3.05, 3.63) is 30.1 Å². The van der Waals surface area contributed by atoms with Crippen molar-refractivity contribution in [2.75, 3.05) is 7.05 Å². The van der Waals surface area contributed by atoms with Gasteiger partial charge in [0.2, 0.25) is 0 Å². The van der Waals surface area contributed by atoms with Crippen molar-refractivity contribution in [1.82, 2.24) is 4.90 Å². The highest BCUT2D eigenvalue weighted by molar-refractivity contribution is 5.81. The smallest absolute Gasteiger partial charge is 0.263 e. The summed E-state index contributed by atoms with van der Waals surface area (Å²) in [6.07, 6.45) is 5.03. The second-order valence-corrected chi connectivity index (χ2v) is 5.43. The van der Waals surface area contributed by atoms with Gasteiger partial charge in [-0.2, -0.15) is 0 Å². The highest BCUT2D eigenvalue weighted by Gasteiger charge is 2.26. The van der Waals surface area contributed by atoms with Crippen molar-refractivity contribution in [1.29, 1.82) is 0 Å². The molecule has 1 aromatic carbocycles. The Kier molecular flexibility index (Phi) is 4.99. The molecule has 0 N–H and O–H groups in total. The number of likely N-dealkylation sites (N-methyl/N-ethyl adjacent to an activating group) is 1. The third-order valence-electron chi connectivity index (χ3n) is 3.96. The molecule has 0 aromatic heterocycles. The molecule has 1 aromatic rings. The summed E-state index contributed by atoms with van der Waals surface area (Å²) in [4.78, 5) is 14.1. The average Bonchev–Trinajstić information content (AvgIpc) is 2.49. The molecule has 20 heavy (non-hydrogen) atoms. The van der Waals surface area contributed by atoms with Crippen LogP contribution in [-0.4, -0.2) is 30.0 Å². The Balaban J connectivity index is 1.96. The van der Waals surface area contributed by atoms with E-state index in [2.05, 4.69) is 0 Å². The summed E-state index contributed by atoms with van der Waals surface area (Å²) in [5.74, 6) is -0.391. The number of halogens is 1. The number of ether oxygens (including phenoxy) is 1. The summed E-state index contributed by atoms with van der Waals surface area (Å²) in [6.45, 7) is 1.67. The van der Waals surface area contributed by atoms with E-state index in [-0.39, 0.29) is 11.7 Å². The van der Waals surface area contributed by atoms with Gasteiger partial charge in [0.25, 0.3) is 5.91 Å². The van der Waals surface area contributed by atoms with Crippen LogP contribution in [0.5, 0.6) is 5.75 Å². The predicted molar refractivity (Wildman–Crippen MR) is 76.1 cm³/mol. The second kappa shape index (κ2) is 6.73. The average molecular weight is 279 g/mol. The van der Waals surface area contributed by atoms with E-state index in [4.69, 9.17) is 4.74 Å². The quantitative estimate of drug-likeness (QED) is 0.845. The minimum absolute atomic E-state index is 0.0832. The summed E-state index contributed by atoms with van der Waals surface area (Å²) in [5, 5.41) is 0. The number of benzene rings is 1. The molecular weight excluding hydrogens is 257 g/mol. The van der Waals surface area contributed by atoms with Gasteiger partial charge in [0.1, 0.15) is 0 Å². The largest absolute Gasteiger partial charge is 0.478 e. The third kappa shape index (κ3) is 3.50. The summed E-state index contributed by atoms with van der Waals surface area (Å²) < 4.78 is 19.0. The Morgan fingerprint density at radius 3 is 2.60 bits per heavy atom. The maximum Gasteiger partial charge on any atom is 0.263 e. The van der Waals surface area contributed by atoms with Gasteiger partial charge in [-0.1, -0.05) is 31.4 Å². The van der Waals surface area contributed by atoms with Gasteiger partial charge in [0, 0.05) is 13.1 Å². The van der Waals surface area contributed by atoms with Crippen molar-refractivity contribution in [3.63, 3.8) is 0 Å². The number of nitrogens with zero attached hydrogens (tertiary/aromatic N) is 1. The van der Waals surface area contributed by atoms with Crippen molar-refractivity contribution in [3.8, 4) is 5.75 Å². The van der Waals surface area contributed by atoms with Crippen LogP contribution >= 0.6 is 0 Å². The molecule has 1 unspecified atom stereocenters. The lowest BCUT2D eigenvalue weighted by Gasteiger charge is -2.32. The second-order valence-electron chi connectivity index (χ2n) is 5.43. The fourth-order valence-corrected chi connectivity index (χ4v) is 2.72. The molecule has 1 amide bonds. The van der Waals surface area contributed by atoms with Gasteiger partial charge in [-0.25, -0.2) is 4.39 Å². The van der Waals surface area contributed by atoms with Crippen LogP contribution in [0.1, 0.15) is 39.0 Å². The predicted octanol–water partition coefficient (Wildman–Crippen LogP) is 3.38. The molecular formula is C16H22FNO2. The van der Waals surface area contributed by atoms with Gasteiger partial charge in [-0.15, -0.1) is 0 Å². The Bertz CT molecular complexity index is 458. The van der Waals surface area contributed by atoms with E-state index < -0.39 is 11.9 Å². The van der Waals surface area contributed by atoms with Gasteiger partial charge in [0.05, 0.1) is 0 Å². The number of hydrogen-bond donors (Lipinski definition) is 0. The molecule has 1 aliphatic carbocycles. The van der Waals surface area contributed by atoms with Crippen molar-refractivity contribution < 1.29 is 13.9 Å². The van der Waals surface area contributed by atoms with E-state index in [0.717, 1.165) is 12.8 Å². The minimum Gasteiger partial charge on any atom is -0.478 e. The van der Waals surface area contributed by atoms with Crippen molar-refractivity contribution in [2.24, 2.45) is 0 Å². The van der Waals surface area contributed by atoms with Crippen LogP contribution in [0, 0.1) is 5.82 Å². The summed E-state index contributed by atoms with van der Waals surface area (Å²) in [6, 6.07) is 6.46. The number of para-hydroxylation sites is 1. The molecule has 2 rings (SSSR count). The molecule has 0 saturated heterocycles. The SMILES string of the molecule is CC(Oc1ccccc1F)C(=O)N(C)C1CCCCC1. The lowest BCUT2D eigenvalue weighted by Crippen LogP contribution is -2.44. The lowest BCUT2D eigenvalue weighted by atomic mass is 9.94. The molecule has 1 saturated carbocycles. The van der Waals surface area contributed by atoms with Crippen LogP contribution in [0.4, 0.5) is 4.39 Å². The van der Waals surface area contributed by atoms with Crippen molar-refractivity contribution in [2.45, 2.75) is 51.2 Å². The summed E-state index contributed by atoms with van der Waals surface area (Å²) in [7, 11) is 1.82. The van der Waals surface area contributed by atoms with E-state index in [1.807, 2.05) is 7.05 Å². The fraction of sp³-hybridized carbons (Fsp3) is 0.562. The van der Waals surface area contributed by atoms with Gasteiger partial charge in [-0.05, 0) is 31.9 Å². The number of hydrogen-bond acceptors (Lipinski definition) is 2. The standard InChI is InChI=1S/C16H22FNO2/c1-12(20-15-11-7-6-10-14(15)17)16(19)18(2)13-8-4-3-5-9-13/h6-7,10-13H,3-5,8-9H2,1-2H3. The van der Waals surface area contributed by atoms with Gasteiger partial charge < -0.3 is 9.64 Å². The molecule has 110 valence electrons. The first-order valence-electron chi connectivity index (χ1n) is 7.27. The molecule has 0 spiro atoms. The zero-order valence-electron chi connectivity index (χ0n) is 12.1. The van der Waals surface area contributed by atoms with Crippen LogP contribution < -0.4 is 4.74 Å². The Morgan fingerprint density at radius 1 is 1.30 bits per heavy atom. The van der Waals surface area contributed by atoms with Crippen LogP contribution in [-0.2, 0) is 4.79 Å². The maximum atomic E-state index is 13.5. The lowest BCUT2D eigenvalue weighted by molar-refractivity contribution is -0.139. The molecule has 1 aliphatic rings. The zero-order chi connectivity index (χ0) is 14.5. The van der Waals surface area contributed by atoms with E-state index in [1.54, 1.807) is 30.0 Å². The van der Waals surface area contributed by atoms with E-state index in [0.29, 0.717) is 6.04 Å². The first-order valence-corrected chi connectivity index (χ1v) is 7.27. The molecule has 0 aliphatic heterocycles. The van der Waals surface area contributed by atoms with Gasteiger partial charge in [-0.3, -0.25) is 4.79 Å². The van der Waals surface area contributed by atoms with Crippen LogP contribution in [0.3, 0.4) is 0 Å². The molecule has 1 fully saturated rings. The molecule has 1 atom stereocenters. The number of amides is 1. The monoisotopic (exact) mass is 279 g/mol. The topological polar surface area (TPSA) is 29.5 Å². The Labute approximate surface area is 119 Å². The first-order chi connectivity index (χ1) is 9.59. The highest BCUT2D eigenvalue weighted by Crippen LogP contribution is 2.23. The van der Waals surface area contributed by atoms with Crippen LogP contribution in [0.15, 0.2) is 24.3 Å². The summed E-state index contributed by atoms with van der Waals surface area (Å²) in [5.41, 5.74) is 0. The number of carbonyl (C=O) groups is 1. The van der Waals surface area contributed by atoms with Crippen LogP contribution in [0.25, 0.3) is 0 Å². The van der Waals surface area contributed by atoms with E-state index in [1.165, 1.54) is 25.3 Å². The van der Waals surface area contributed by atoms with Gasteiger partial charge in [0.15, 0.2) is 17.7 Å². The third-order valence-corrected chi connectivity index (χ3v) is 3.96. The Morgan fingerprint density at radius 2 is 1.95 bits per heavy atom. The van der Waals surface area contributed by atoms with Crippen LogP contribution in [0.2, 0.25) is 0 Å².